The van der Waals surface area contributed by atoms with E-state index < -0.39 is 5.41 Å². The molecule has 0 heteroatoms. The van der Waals surface area contributed by atoms with E-state index in [-0.39, 0.29) is 0 Å². The first-order chi connectivity index (χ1) is 38.2. The molecule has 14 aromatic rings. The zero-order valence-corrected chi connectivity index (χ0v) is 42.4. The number of hydrogen-bond donors (Lipinski definition) is 0. The molecule has 1 aliphatic carbocycles. The molecule has 0 saturated heterocycles. The standard InChI is InChI=1S/C77H50/c1-5-22-52(23-6-1)73-63-34-13-15-36-65(63)75(54-26-9-3-10-27-54)69-49-57(42-46-67(69)73)51-40-44-59(45-41-51)77(71-38-19-17-32-61(71)62-33-18-20-39-72(62)77)60-31-21-30-56(48-60)58-43-47-68-70(50-58)76(55-28-11-4-12-29-55)66-37-16-14-35-64(66)74(68)53-24-7-2-8-25-53/h1-50H. The van der Waals surface area contributed by atoms with Gasteiger partial charge in [0.1, 0.15) is 0 Å². The Balaban J connectivity index is 0.919. The maximum absolute atomic E-state index is 2.47. The number of rotatable bonds is 8. The highest BCUT2D eigenvalue weighted by molar-refractivity contribution is 6.23. The van der Waals surface area contributed by atoms with Crippen LogP contribution in [0.4, 0.5) is 0 Å². The first-order valence-corrected chi connectivity index (χ1v) is 26.8. The lowest BCUT2D eigenvalue weighted by Gasteiger charge is -2.34. The normalized spacial score (nSPS) is 12.5. The average molecular weight is 975 g/mol. The van der Waals surface area contributed by atoms with Crippen LogP contribution in [0, 0.1) is 0 Å². The van der Waals surface area contributed by atoms with Gasteiger partial charge in [0.2, 0.25) is 0 Å². The minimum absolute atomic E-state index is 0.585. The zero-order valence-electron chi connectivity index (χ0n) is 42.4. The SMILES string of the molecule is c1ccc(-c2c3ccccc3c(-c3ccccc3)c3cc(-c4ccc(C5(c6cccc(-c7ccc8c(-c9ccccc9)c9ccccc9c(-c9ccccc9)c8c7)c6)c6ccccc6-c6ccccc65)cc4)ccc23)cc1. The molecule has 0 spiro atoms. The molecule has 0 amide bonds. The summed E-state index contributed by atoms with van der Waals surface area (Å²) < 4.78 is 0. The molecular weight excluding hydrogens is 925 g/mol. The lowest BCUT2D eigenvalue weighted by atomic mass is 9.67. The molecule has 0 fully saturated rings. The molecule has 0 nitrogen and oxygen atoms in total. The molecule has 0 atom stereocenters. The zero-order chi connectivity index (χ0) is 50.9. The molecule has 0 N–H and O–H groups in total. The molecule has 1 aliphatic rings. The van der Waals surface area contributed by atoms with Gasteiger partial charge in [0, 0.05) is 0 Å². The third-order valence-electron chi connectivity index (χ3n) is 16.5. The van der Waals surface area contributed by atoms with Gasteiger partial charge in [0.25, 0.3) is 0 Å². The van der Waals surface area contributed by atoms with Crippen LogP contribution in [0.2, 0.25) is 0 Å². The van der Waals surface area contributed by atoms with Crippen molar-refractivity contribution < 1.29 is 0 Å². The highest BCUT2D eigenvalue weighted by Gasteiger charge is 2.46. The fourth-order valence-electron chi connectivity index (χ4n) is 13.2. The highest BCUT2D eigenvalue weighted by atomic mass is 14.5. The average Bonchev–Trinajstić information content (AvgIpc) is 4.02. The van der Waals surface area contributed by atoms with Crippen molar-refractivity contribution in [3.8, 4) is 77.9 Å². The van der Waals surface area contributed by atoms with Gasteiger partial charge >= 0.3 is 0 Å². The van der Waals surface area contributed by atoms with Crippen LogP contribution >= 0.6 is 0 Å². The van der Waals surface area contributed by atoms with Crippen LogP contribution in [0.15, 0.2) is 303 Å². The van der Waals surface area contributed by atoms with Gasteiger partial charge in [0.15, 0.2) is 0 Å². The Hall–Kier alpha value is -9.88. The summed E-state index contributed by atoms with van der Waals surface area (Å²) in [5.74, 6) is 0. The fourth-order valence-corrected chi connectivity index (χ4v) is 13.2. The van der Waals surface area contributed by atoms with Gasteiger partial charge in [0.05, 0.1) is 5.41 Å². The predicted molar refractivity (Wildman–Crippen MR) is 326 cm³/mol. The minimum atomic E-state index is -0.585. The van der Waals surface area contributed by atoms with Crippen molar-refractivity contribution in [1.29, 1.82) is 0 Å². The number of hydrogen-bond acceptors (Lipinski definition) is 0. The van der Waals surface area contributed by atoms with Crippen molar-refractivity contribution in [2.45, 2.75) is 5.41 Å². The van der Waals surface area contributed by atoms with Gasteiger partial charge in [-0.3, -0.25) is 0 Å². The highest BCUT2D eigenvalue weighted by Crippen LogP contribution is 2.57. The molecule has 358 valence electrons. The van der Waals surface area contributed by atoms with E-state index in [1.807, 2.05) is 0 Å². The van der Waals surface area contributed by atoms with Crippen molar-refractivity contribution >= 4 is 43.1 Å². The second-order valence-electron chi connectivity index (χ2n) is 20.6. The summed E-state index contributed by atoms with van der Waals surface area (Å²) in [6, 6.07) is 113. The second kappa shape index (κ2) is 18.2. The van der Waals surface area contributed by atoms with Crippen LogP contribution in [0.1, 0.15) is 22.3 Å². The van der Waals surface area contributed by atoms with Crippen molar-refractivity contribution in [2.75, 3.05) is 0 Å². The van der Waals surface area contributed by atoms with Gasteiger partial charge in [-0.15, -0.1) is 0 Å². The first kappa shape index (κ1) is 44.6. The molecule has 0 aliphatic heterocycles. The maximum atomic E-state index is 2.47. The Labute approximate surface area is 449 Å². The Morgan fingerprint density at radius 3 is 0.909 bits per heavy atom. The smallest absolute Gasteiger partial charge is 0.0622 e. The fraction of sp³-hybridized carbons (Fsp3) is 0.0130. The molecule has 0 aromatic heterocycles. The van der Waals surface area contributed by atoms with E-state index in [2.05, 4.69) is 303 Å². The van der Waals surface area contributed by atoms with Gasteiger partial charge < -0.3 is 0 Å². The topological polar surface area (TPSA) is 0 Å². The summed E-state index contributed by atoms with van der Waals surface area (Å²) in [5.41, 5.74) is 21.7. The third kappa shape index (κ3) is 7.07. The summed E-state index contributed by atoms with van der Waals surface area (Å²) in [7, 11) is 0. The van der Waals surface area contributed by atoms with E-state index in [0.717, 1.165) is 0 Å². The summed E-state index contributed by atoms with van der Waals surface area (Å²) in [6.07, 6.45) is 0. The van der Waals surface area contributed by atoms with E-state index in [1.165, 1.54) is 143 Å². The van der Waals surface area contributed by atoms with Crippen LogP contribution in [-0.4, -0.2) is 0 Å². The van der Waals surface area contributed by atoms with E-state index >= 15 is 0 Å². The van der Waals surface area contributed by atoms with E-state index in [4.69, 9.17) is 0 Å². The Bertz CT molecular complexity index is 4530. The maximum Gasteiger partial charge on any atom is 0.0713 e. The molecule has 0 bridgehead atoms. The lowest BCUT2D eigenvalue weighted by molar-refractivity contribution is 0.769. The molecule has 0 radical (unpaired) electrons. The van der Waals surface area contributed by atoms with Gasteiger partial charge in [-0.05, 0) is 161 Å². The Morgan fingerprint density at radius 1 is 0.169 bits per heavy atom. The number of fused-ring (bicyclic) bond motifs is 7. The first-order valence-electron chi connectivity index (χ1n) is 26.8. The van der Waals surface area contributed by atoms with Crippen molar-refractivity contribution in [1.82, 2.24) is 0 Å². The van der Waals surface area contributed by atoms with Gasteiger partial charge in [-0.2, -0.15) is 0 Å². The molecule has 0 saturated carbocycles. The van der Waals surface area contributed by atoms with Gasteiger partial charge in [-0.1, -0.05) is 285 Å². The molecule has 0 heterocycles. The van der Waals surface area contributed by atoms with Crippen molar-refractivity contribution in [3.63, 3.8) is 0 Å². The molecule has 77 heavy (non-hydrogen) atoms. The molecule has 15 rings (SSSR count). The quantitative estimate of drug-likeness (QED) is 0.133. The van der Waals surface area contributed by atoms with Crippen LogP contribution in [-0.2, 0) is 5.41 Å². The van der Waals surface area contributed by atoms with Crippen molar-refractivity contribution in [3.05, 3.63) is 326 Å². The lowest BCUT2D eigenvalue weighted by Crippen LogP contribution is -2.28. The Morgan fingerprint density at radius 2 is 0.481 bits per heavy atom. The van der Waals surface area contributed by atoms with Gasteiger partial charge in [-0.25, -0.2) is 0 Å². The van der Waals surface area contributed by atoms with Crippen LogP contribution in [0.5, 0.6) is 0 Å². The largest absolute Gasteiger partial charge is 0.0713 e. The summed E-state index contributed by atoms with van der Waals surface area (Å²) in [6.45, 7) is 0. The molecular formula is C77H50. The minimum Gasteiger partial charge on any atom is -0.0622 e. The van der Waals surface area contributed by atoms with Crippen LogP contribution < -0.4 is 0 Å². The second-order valence-corrected chi connectivity index (χ2v) is 20.6. The summed E-state index contributed by atoms with van der Waals surface area (Å²) in [4.78, 5) is 0. The van der Waals surface area contributed by atoms with E-state index in [1.54, 1.807) is 0 Å². The van der Waals surface area contributed by atoms with E-state index in [0.29, 0.717) is 0 Å². The van der Waals surface area contributed by atoms with Crippen molar-refractivity contribution in [2.24, 2.45) is 0 Å². The van der Waals surface area contributed by atoms with Crippen LogP contribution in [0.3, 0.4) is 0 Å². The summed E-state index contributed by atoms with van der Waals surface area (Å²) >= 11 is 0. The Kier molecular flexibility index (Phi) is 10.5. The predicted octanol–water partition coefficient (Wildman–Crippen LogP) is 20.7. The molecule has 0 unspecified atom stereocenters. The summed E-state index contributed by atoms with van der Waals surface area (Å²) in [5, 5.41) is 10.0. The van der Waals surface area contributed by atoms with E-state index in [9.17, 15) is 0 Å². The molecule has 14 aromatic carbocycles. The third-order valence-corrected chi connectivity index (χ3v) is 16.5. The monoisotopic (exact) mass is 974 g/mol. The van der Waals surface area contributed by atoms with Crippen LogP contribution in [0.25, 0.3) is 121 Å². The number of benzene rings is 14.